The van der Waals surface area contributed by atoms with Crippen LogP contribution < -0.4 is 5.32 Å². The Morgan fingerprint density at radius 2 is 1.71 bits per heavy atom. The number of hydrogen-bond acceptors (Lipinski definition) is 2. The van der Waals surface area contributed by atoms with E-state index in [9.17, 15) is 0 Å². The van der Waals surface area contributed by atoms with E-state index in [4.69, 9.17) is 0 Å². The number of nitrogens with zero attached hydrogens (tertiary/aromatic N) is 1. The Labute approximate surface area is 129 Å². The summed E-state index contributed by atoms with van der Waals surface area (Å²) in [5, 5.41) is 3.58. The van der Waals surface area contributed by atoms with Gasteiger partial charge in [0, 0.05) is 19.1 Å². The fraction of sp³-hybridized carbons (Fsp3) is 0.684. The molecule has 2 aliphatic rings. The highest BCUT2D eigenvalue weighted by atomic mass is 15.1. The van der Waals surface area contributed by atoms with E-state index in [-0.39, 0.29) is 0 Å². The molecule has 1 saturated heterocycles. The average molecular weight is 286 g/mol. The molecular weight excluding hydrogens is 256 g/mol. The van der Waals surface area contributed by atoms with Crippen LogP contribution in [0.4, 0.5) is 0 Å². The number of hydrogen-bond donors (Lipinski definition) is 1. The van der Waals surface area contributed by atoms with Crippen molar-refractivity contribution in [3.63, 3.8) is 0 Å². The molecule has 0 spiro atoms. The topological polar surface area (TPSA) is 15.3 Å². The lowest BCUT2D eigenvalue weighted by atomic mass is 9.78. The molecule has 2 heteroatoms. The molecule has 0 bridgehead atoms. The lowest BCUT2D eigenvalue weighted by Gasteiger charge is -2.39. The van der Waals surface area contributed by atoms with Gasteiger partial charge >= 0.3 is 0 Å². The lowest BCUT2D eigenvalue weighted by Crippen LogP contribution is -2.37. The van der Waals surface area contributed by atoms with Gasteiger partial charge in [0.25, 0.3) is 0 Å². The van der Waals surface area contributed by atoms with Crippen molar-refractivity contribution in [2.24, 2.45) is 5.41 Å². The van der Waals surface area contributed by atoms with E-state index in [0.29, 0.717) is 5.41 Å². The van der Waals surface area contributed by atoms with Crippen molar-refractivity contribution in [1.29, 1.82) is 0 Å². The Bertz CT molecular complexity index is 439. The van der Waals surface area contributed by atoms with Gasteiger partial charge in [-0.2, -0.15) is 0 Å². The van der Waals surface area contributed by atoms with Gasteiger partial charge in [-0.15, -0.1) is 0 Å². The molecule has 1 aromatic carbocycles. The Morgan fingerprint density at radius 3 is 2.29 bits per heavy atom. The van der Waals surface area contributed by atoms with Crippen LogP contribution in [0.15, 0.2) is 24.3 Å². The van der Waals surface area contributed by atoms with Crippen molar-refractivity contribution in [3.05, 3.63) is 35.4 Å². The minimum Gasteiger partial charge on any atom is -0.310 e. The van der Waals surface area contributed by atoms with Gasteiger partial charge in [0.1, 0.15) is 0 Å². The Hall–Kier alpha value is -0.860. The summed E-state index contributed by atoms with van der Waals surface area (Å²) >= 11 is 0. The van der Waals surface area contributed by atoms with Crippen LogP contribution in [-0.2, 0) is 13.1 Å². The van der Waals surface area contributed by atoms with Crippen LogP contribution in [0.25, 0.3) is 0 Å². The van der Waals surface area contributed by atoms with E-state index in [2.05, 4.69) is 48.3 Å². The van der Waals surface area contributed by atoms with Crippen molar-refractivity contribution >= 4 is 0 Å². The van der Waals surface area contributed by atoms with E-state index in [1.165, 1.54) is 56.3 Å². The third-order valence-electron chi connectivity index (χ3n) is 5.52. The first kappa shape index (κ1) is 15.1. The first-order valence-corrected chi connectivity index (χ1v) is 8.70. The minimum absolute atomic E-state index is 0.592. The van der Waals surface area contributed by atoms with Gasteiger partial charge < -0.3 is 5.32 Å². The number of piperidine rings is 1. The maximum Gasteiger partial charge on any atom is 0.0233 e. The number of likely N-dealkylation sites (tertiary alicyclic amines) is 1. The van der Waals surface area contributed by atoms with Crippen molar-refractivity contribution in [2.45, 2.75) is 65.1 Å². The summed E-state index contributed by atoms with van der Waals surface area (Å²) in [5.74, 6) is 0. The monoisotopic (exact) mass is 286 g/mol. The molecule has 2 nitrogen and oxygen atoms in total. The third kappa shape index (κ3) is 4.31. The molecule has 116 valence electrons. The molecule has 1 N–H and O–H groups in total. The van der Waals surface area contributed by atoms with Crippen LogP contribution in [0, 0.1) is 5.41 Å². The average Bonchev–Trinajstić information content (AvgIpc) is 3.33. The van der Waals surface area contributed by atoms with Crippen LogP contribution in [0.2, 0.25) is 0 Å². The molecule has 1 aromatic rings. The summed E-state index contributed by atoms with van der Waals surface area (Å²) in [6.45, 7) is 9.46. The summed E-state index contributed by atoms with van der Waals surface area (Å²) in [4.78, 5) is 2.62. The SMILES string of the molecule is CCC1(C)CCN(Cc2ccc(CNC3CC3)cc2)CC1. The first-order chi connectivity index (χ1) is 10.2. The molecular formula is C19H30N2. The first-order valence-electron chi connectivity index (χ1n) is 8.70. The summed E-state index contributed by atoms with van der Waals surface area (Å²) in [7, 11) is 0. The molecule has 1 saturated carbocycles. The molecule has 0 amide bonds. The van der Waals surface area contributed by atoms with E-state index < -0.39 is 0 Å². The largest absolute Gasteiger partial charge is 0.310 e. The van der Waals surface area contributed by atoms with Crippen molar-refractivity contribution in [2.75, 3.05) is 13.1 Å². The minimum atomic E-state index is 0.592. The van der Waals surface area contributed by atoms with Crippen molar-refractivity contribution in [1.82, 2.24) is 10.2 Å². The highest BCUT2D eigenvalue weighted by molar-refractivity contribution is 5.22. The highest BCUT2D eigenvalue weighted by Crippen LogP contribution is 2.34. The molecule has 1 heterocycles. The zero-order valence-electron chi connectivity index (χ0n) is 13.7. The number of benzene rings is 1. The fourth-order valence-corrected chi connectivity index (χ4v) is 3.17. The summed E-state index contributed by atoms with van der Waals surface area (Å²) in [6, 6.07) is 10.0. The predicted molar refractivity (Wildman–Crippen MR) is 89.2 cm³/mol. The molecule has 3 rings (SSSR count). The van der Waals surface area contributed by atoms with Crippen LogP contribution in [0.5, 0.6) is 0 Å². The van der Waals surface area contributed by atoms with Crippen molar-refractivity contribution in [3.8, 4) is 0 Å². The Kier molecular flexibility index (Phi) is 4.66. The molecule has 21 heavy (non-hydrogen) atoms. The maximum absolute atomic E-state index is 3.58. The second kappa shape index (κ2) is 6.50. The standard InChI is InChI=1S/C19H30N2/c1-3-19(2)10-12-21(13-11-19)15-17-6-4-16(5-7-17)14-20-18-8-9-18/h4-7,18,20H,3,8-15H2,1-2H3. The van der Waals surface area contributed by atoms with Gasteiger partial charge in [-0.1, -0.05) is 44.5 Å². The second-order valence-corrected chi connectivity index (χ2v) is 7.41. The quantitative estimate of drug-likeness (QED) is 0.852. The highest BCUT2D eigenvalue weighted by Gasteiger charge is 2.28. The van der Waals surface area contributed by atoms with Crippen LogP contribution >= 0.6 is 0 Å². The number of rotatable bonds is 6. The van der Waals surface area contributed by atoms with Crippen LogP contribution in [-0.4, -0.2) is 24.0 Å². The fourth-order valence-electron chi connectivity index (χ4n) is 3.17. The maximum atomic E-state index is 3.58. The van der Waals surface area contributed by atoms with Gasteiger partial charge in [-0.25, -0.2) is 0 Å². The predicted octanol–water partition coefficient (Wildman–Crippen LogP) is 3.95. The van der Waals surface area contributed by atoms with Crippen LogP contribution in [0.1, 0.15) is 57.1 Å². The van der Waals surface area contributed by atoms with Gasteiger partial charge in [-0.3, -0.25) is 4.90 Å². The van der Waals surface area contributed by atoms with E-state index in [1.54, 1.807) is 0 Å². The van der Waals surface area contributed by atoms with E-state index in [0.717, 1.165) is 19.1 Å². The summed E-state index contributed by atoms with van der Waals surface area (Å²) in [6.07, 6.45) is 6.76. The third-order valence-corrected chi connectivity index (χ3v) is 5.52. The summed E-state index contributed by atoms with van der Waals surface area (Å²) in [5.41, 5.74) is 3.47. The smallest absolute Gasteiger partial charge is 0.0233 e. The summed E-state index contributed by atoms with van der Waals surface area (Å²) < 4.78 is 0. The number of nitrogens with one attached hydrogen (secondary N) is 1. The van der Waals surface area contributed by atoms with Crippen LogP contribution in [0.3, 0.4) is 0 Å². The second-order valence-electron chi connectivity index (χ2n) is 7.41. The molecule has 0 unspecified atom stereocenters. The molecule has 1 aliphatic heterocycles. The lowest BCUT2D eigenvalue weighted by molar-refractivity contribution is 0.109. The van der Waals surface area contributed by atoms with Gasteiger partial charge in [0.05, 0.1) is 0 Å². The molecule has 1 aliphatic carbocycles. The molecule has 2 fully saturated rings. The Morgan fingerprint density at radius 1 is 1.10 bits per heavy atom. The molecule has 0 radical (unpaired) electrons. The van der Waals surface area contributed by atoms with Crippen molar-refractivity contribution < 1.29 is 0 Å². The van der Waals surface area contributed by atoms with E-state index >= 15 is 0 Å². The zero-order valence-corrected chi connectivity index (χ0v) is 13.7. The Balaban J connectivity index is 1.46. The van der Waals surface area contributed by atoms with Gasteiger partial charge in [-0.05, 0) is 55.3 Å². The normalized spacial score (nSPS) is 22.4. The van der Waals surface area contributed by atoms with E-state index in [1.807, 2.05) is 0 Å². The van der Waals surface area contributed by atoms with Gasteiger partial charge in [0.15, 0.2) is 0 Å². The molecule has 0 atom stereocenters. The zero-order chi connectivity index (χ0) is 14.7. The van der Waals surface area contributed by atoms with Gasteiger partial charge in [0.2, 0.25) is 0 Å². The molecule has 0 aromatic heterocycles.